The Morgan fingerprint density at radius 3 is 2.35 bits per heavy atom. The van der Waals surface area contributed by atoms with Gasteiger partial charge < -0.3 is 11.1 Å². The predicted molar refractivity (Wildman–Crippen MR) is 89.8 cm³/mol. The molecule has 0 saturated heterocycles. The van der Waals surface area contributed by atoms with Crippen LogP contribution < -0.4 is 16.4 Å². The van der Waals surface area contributed by atoms with Gasteiger partial charge in [-0.2, -0.15) is 0 Å². The normalized spacial score (nSPS) is 11.7. The first-order valence-corrected chi connectivity index (χ1v) is 7.51. The Morgan fingerprint density at radius 1 is 1.04 bits per heavy atom. The molecular weight excluding hydrogens is 290 g/mol. The summed E-state index contributed by atoms with van der Waals surface area (Å²) in [7, 11) is 0. The summed E-state index contributed by atoms with van der Waals surface area (Å²) in [5.74, 6) is -0.450. The molecular formula is C18H21N3O2. The Labute approximate surface area is 135 Å². The van der Waals surface area contributed by atoms with E-state index in [2.05, 4.69) is 29.7 Å². The summed E-state index contributed by atoms with van der Waals surface area (Å²) in [5.41, 5.74) is 8.28. The number of rotatable bonds is 6. The van der Waals surface area contributed by atoms with Crippen LogP contribution in [0.4, 0.5) is 4.79 Å². The van der Waals surface area contributed by atoms with Gasteiger partial charge in [0.2, 0.25) is 5.91 Å². The van der Waals surface area contributed by atoms with Crippen molar-refractivity contribution in [2.75, 3.05) is 6.54 Å². The van der Waals surface area contributed by atoms with E-state index in [1.54, 1.807) is 0 Å². The Hall–Kier alpha value is -2.66. The molecule has 0 bridgehead atoms. The minimum absolute atomic E-state index is 0.450. The Bertz CT molecular complexity index is 671. The highest BCUT2D eigenvalue weighted by Crippen LogP contribution is 2.13. The van der Waals surface area contributed by atoms with E-state index in [0.717, 1.165) is 12.0 Å². The molecule has 23 heavy (non-hydrogen) atoms. The topological polar surface area (TPSA) is 84.2 Å². The summed E-state index contributed by atoms with van der Waals surface area (Å²) < 4.78 is 0. The number of nitrogens with one attached hydrogen (secondary N) is 2. The lowest BCUT2D eigenvalue weighted by Crippen LogP contribution is -2.43. The molecule has 3 amide bonds. The van der Waals surface area contributed by atoms with Crippen LogP contribution in [0, 0.1) is 6.92 Å². The van der Waals surface area contributed by atoms with E-state index < -0.39 is 18.0 Å². The molecule has 0 heterocycles. The first-order chi connectivity index (χ1) is 11.1. The number of imide groups is 1. The largest absolute Gasteiger partial charge is 0.351 e. The fraction of sp³-hybridized carbons (Fsp3) is 0.222. The van der Waals surface area contributed by atoms with Crippen LogP contribution in [0.2, 0.25) is 0 Å². The molecule has 1 atom stereocenters. The van der Waals surface area contributed by atoms with E-state index in [9.17, 15) is 9.59 Å². The van der Waals surface area contributed by atoms with Crippen LogP contribution in [-0.2, 0) is 11.2 Å². The monoisotopic (exact) mass is 311 g/mol. The Morgan fingerprint density at radius 2 is 1.70 bits per heavy atom. The van der Waals surface area contributed by atoms with Gasteiger partial charge >= 0.3 is 6.03 Å². The number of carbonyl (C=O) groups is 2. The fourth-order valence-corrected chi connectivity index (χ4v) is 2.44. The molecule has 0 aromatic heterocycles. The lowest BCUT2D eigenvalue weighted by Gasteiger charge is -2.18. The number of nitrogens with two attached hydrogens (primary N) is 1. The second-order valence-electron chi connectivity index (χ2n) is 5.33. The van der Waals surface area contributed by atoms with Crippen LogP contribution in [0.25, 0.3) is 0 Å². The SMILES string of the molecule is Cc1ccccc1CCN[C@H](C(=O)NC(N)=O)c1ccccc1. The number of aryl methyl sites for hydroxylation is 1. The number of urea groups is 1. The second-order valence-corrected chi connectivity index (χ2v) is 5.33. The van der Waals surface area contributed by atoms with Crippen molar-refractivity contribution in [1.82, 2.24) is 10.6 Å². The molecule has 0 fully saturated rings. The van der Waals surface area contributed by atoms with Gasteiger partial charge in [-0.15, -0.1) is 0 Å². The molecule has 2 aromatic rings. The zero-order chi connectivity index (χ0) is 16.7. The van der Waals surface area contributed by atoms with Gasteiger partial charge in [0, 0.05) is 6.54 Å². The number of amides is 3. The average molecular weight is 311 g/mol. The minimum atomic E-state index is -0.850. The Kier molecular flexibility index (Phi) is 5.88. The third kappa shape index (κ3) is 4.93. The predicted octanol–water partition coefficient (Wildman–Crippen LogP) is 2.06. The van der Waals surface area contributed by atoms with E-state index >= 15 is 0 Å². The summed E-state index contributed by atoms with van der Waals surface area (Å²) in [4.78, 5) is 23.1. The van der Waals surface area contributed by atoms with Crippen LogP contribution in [0.3, 0.4) is 0 Å². The zero-order valence-electron chi connectivity index (χ0n) is 13.1. The molecule has 120 valence electrons. The summed E-state index contributed by atoms with van der Waals surface area (Å²) in [6.07, 6.45) is 0.792. The maximum atomic E-state index is 12.2. The van der Waals surface area contributed by atoms with Crippen molar-refractivity contribution >= 4 is 11.9 Å². The van der Waals surface area contributed by atoms with E-state index in [0.29, 0.717) is 6.54 Å². The van der Waals surface area contributed by atoms with Crippen LogP contribution in [0.1, 0.15) is 22.7 Å². The molecule has 4 N–H and O–H groups in total. The fourth-order valence-electron chi connectivity index (χ4n) is 2.44. The molecule has 0 spiro atoms. The van der Waals surface area contributed by atoms with Crippen LogP contribution in [0.5, 0.6) is 0 Å². The highest BCUT2D eigenvalue weighted by atomic mass is 16.2. The van der Waals surface area contributed by atoms with E-state index in [-0.39, 0.29) is 0 Å². The number of primary amides is 1. The quantitative estimate of drug-likeness (QED) is 0.763. The van der Waals surface area contributed by atoms with Gasteiger partial charge in [0.1, 0.15) is 6.04 Å². The summed E-state index contributed by atoms with van der Waals surface area (Å²) >= 11 is 0. The molecule has 0 aliphatic heterocycles. The molecule has 0 aliphatic rings. The lowest BCUT2D eigenvalue weighted by molar-refractivity contribution is -0.122. The summed E-state index contributed by atoms with van der Waals surface area (Å²) in [6, 6.07) is 15.9. The van der Waals surface area contributed by atoms with Crippen LogP contribution in [-0.4, -0.2) is 18.5 Å². The third-order valence-corrected chi connectivity index (χ3v) is 3.65. The van der Waals surface area contributed by atoms with Crippen molar-refractivity contribution in [2.45, 2.75) is 19.4 Å². The maximum absolute atomic E-state index is 12.2. The first kappa shape index (κ1) is 16.7. The van der Waals surface area contributed by atoms with Crippen molar-refractivity contribution in [3.8, 4) is 0 Å². The highest BCUT2D eigenvalue weighted by molar-refractivity contribution is 5.96. The molecule has 2 rings (SSSR count). The smallest absolute Gasteiger partial charge is 0.318 e. The van der Waals surface area contributed by atoms with Crippen molar-refractivity contribution in [2.24, 2.45) is 5.73 Å². The van der Waals surface area contributed by atoms with Crippen molar-refractivity contribution in [3.63, 3.8) is 0 Å². The van der Waals surface area contributed by atoms with Crippen LogP contribution in [0.15, 0.2) is 54.6 Å². The van der Waals surface area contributed by atoms with Gasteiger partial charge in [-0.05, 0) is 30.0 Å². The van der Waals surface area contributed by atoms with E-state index in [1.807, 2.05) is 42.5 Å². The van der Waals surface area contributed by atoms with E-state index in [4.69, 9.17) is 5.73 Å². The first-order valence-electron chi connectivity index (χ1n) is 7.51. The lowest BCUT2D eigenvalue weighted by atomic mass is 10.0. The van der Waals surface area contributed by atoms with Gasteiger partial charge in [0.15, 0.2) is 0 Å². The standard InChI is InChI=1S/C18H21N3O2/c1-13-7-5-6-8-14(13)11-12-20-16(17(22)21-18(19)23)15-9-3-2-4-10-15/h2-10,16,20H,11-12H2,1H3,(H3,19,21,22,23)/t16-/m0/s1. The summed E-state index contributed by atoms with van der Waals surface area (Å²) in [6.45, 7) is 2.67. The average Bonchev–Trinajstić information content (AvgIpc) is 2.53. The molecule has 0 aliphatic carbocycles. The van der Waals surface area contributed by atoms with Gasteiger partial charge in [-0.3, -0.25) is 10.1 Å². The maximum Gasteiger partial charge on any atom is 0.318 e. The van der Waals surface area contributed by atoms with Gasteiger partial charge in [-0.25, -0.2) is 4.79 Å². The molecule has 5 nitrogen and oxygen atoms in total. The number of hydrogen-bond acceptors (Lipinski definition) is 3. The van der Waals surface area contributed by atoms with Crippen molar-refractivity contribution in [1.29, 1.82) is 0 Å². The van der Waals surface area contributed by atoms with Gasteiger partial charge in [-0.1, -0.05) is 54.6 Å². The van der Waals surface area contributed by atoms with Crippen molar-refractivity contribution in [3.05, 3.63) is 71.3 Å². The molecule has 2 aromatic carbocycles. The summed E-state index contributed by atoms with van der Waals surface area (Å²) in [5, 5.41) is 5.34. The number of hydrogen-bond donors (Lipinski definition) is 3. The molecule has 5 heteroatoms. The van der Waals surface area contributed by atoms with Gasteiger partial charge in [0.25, 0.3) is 0 Å². The zero-order valence-corrected chi connectivity index (χ0v) is 13.1. The number of carbonyl (C=O) groups excluding carboxylic acids is 2. The molecule has 0 saturated carbocycles. The molecule has 0 unspecified atom stereocenters. The third-order valence-electron chi connectivity index (χ3n) is 3.65. The second kappa shape index (κ2) is 8.10. The highest BCUT2D eigenvalue weighted by Gasteiger charge is 2.20. The molecule has 0 radical (unpaired) electrons. The van der Waals surface area contributed by atoms with Gasteiger partial charge in [0.05, 0.1) is 0 Å². The van der Waals surface area contributed by atoms with Crippen LogP contribution >= 0.6 is 0 Å². The Balaban J connectivity index is 2.04. The van der Waals surface area contributed by atoms with Crippen molar-refractivity contribution < 1.29 is 9.59 Å². The van der Waals surface area contributed by atoms with E-state index in [1.165, 1.54) is 11.1 Å². The number of benzene rings is 2. The minimum Gasteiger partial charge on any atom is -0.351 e.